The first-order chi connectivity index (χ1) is 11.8. The molecule has 24 heavy (non-hydrogen) atoms. The molecule has 1 amide bonds. The lowest BCUT2D eigenvalue weighted by atomic mass is 10.2. The molecule has 1 atom stereocenters. The van der Waals surface area contributed by atoms with Gasteiger partial charge >= 0.3 is 0 Å². The highest BCUT2D eigenvalue weighted by Gasteiger charge is 2.18. The first kappa shape index (κ1) is 16.7. The van der Waals surface area contributed by atoms with Crippen LogP contribution in [-0.4, -0.2) is 31.7 Å². The Balaban J connectivity index is 1.63. The fourth-order valence-corrected chi connectivity index (χ4v) is 2.94. The lowest BCUT2D eigenvalue weighted by Crippen LogP contribution is -2.40. The molecule has 0 aliphatic carbocycles. The third-order valence-electron chi connectivity index (χ3n) is 4.22. The van der Waals surface area contributed by atoms with Crippen molar-refractivity contribution in [2.75, 3.05) is 24.6 Å². The Labute approximate surface area is 143 Å². The molecule has 2 aromatic rings. The van der Waals surface area contributed by atoms with Gasteiger partial charge in [-0.25, -0.2) is 0 Å². The van der Waals surface area contributed by atoms with E-state index in [-0.39, 0.29) is 12.0 Å². The molecule has 3 rings (SSSR count). The van der Waals surface area contributed by atoms with Crippen LogP contribution in [-0.2, 0) is 16.1 Å². The average Bonchev–Trinajstić information content (AvgIpc) is 3.15. The van der Waals surface area contributed by atoms with E-state index in [4.69, 9.17) is 4.74 Å². The molecule has 0 spiro atoms. The van der Waals surface area contributed by atoms with Gasteiger partial charge in [0.15, 0.2) is 0 Å². The van der Waals surface area contributed by atoms with Gasteiger partial charge in [0.2, 0.25) is 5.91 Å². The van der Waals surface area contributed by atoms with Crippen molar-refractivity contribution in [3.8, 4) is 0 Å². The zero-order chi connectivity index (χ0) is 16.6. The van der Waals surface area contributed by atoms with E-state index in [1.54, 1.807) is 0 Å². The maximum absolute atomic E-state index is 12.7. The lowest BCUT2D eigenvalue weighted by Gasteiger charge is -2.23. The molecule has 0 bridgehead atoms. The van der Waals surface area contributed by atoms with Crippen molar-refractivity contribution in [3.05, 3.63) is 66.2 Å². The number of anilines is 1. The molecule has 2 aromatic carbocycles. The van der Waals surface area contributed by atoms with Crippen LogP contribution in [0.3, 0.4) is 0 Å². The van der Waals surface area contributed by atoms with Crippen LogP contribution in [0.2, 0.25) is 0 Å². The highest BCUT2D eigenvalue weighted by Crippen LogP contribution is 2.17. The van der Waals surface area contributed by atoms with E-state index in [9.17, 15) is 4.79 Å². The van der Waals surface area contributed by atoms with E-state index in [2.05, 4.69) is 5.32 Å². The molecule has 0 saturated carbocycles. The molecule has 0 radical (unpaired) electrons. The highest BCUT2D eigenvalue weighted by molar-refractivity contribution is 5.94. The lowest BCUT2D eigenvalue weighted by molar-refractivity contribution is -0.118. The normalized spacial score (nSPS) is 16.9. The molecule has 1 fully saturated rings. The summed E-state index contributed by atoms with van der Waals surface area (Å²) in [7, 11) is 0. The minimum absolute atomic E-state index is 0.0723. The van der Waals surface area contributed by atoms with Crippen LogP contribution in [0.15, 0.2) is 60.7 Å². The summed E-state index contributed by atoms with van der Waals surface area (Å²) in [5.41, 5.74) is 2.04. The van der Waals surface area contributed by atoms with Gasteiger partial charge in [-0.1, -0.05) is 48.5 Å². The largest absolute Gasteiger partial charge is 0.377 e. The van der Waals surface area contributed by atoms with E-state index in [1.807, 2.05) is 65.6 Å². The SMILES string of the molecule is O=C(CNCC1CCCO1)N(Cc1ccccc1)c1ccccc1. The molecular weight excluding hydrogens is 300 g/mol. The van der Waals surface area contributed by atoms with Crippen molar-refractivity contribution in [3.63, 3.8) is 0 Å². The standard InChI is InChI=1S/C20H24N2O2/c23-20(15-21-14-19-12-7-13-24-19)22(18-10-5-2-6-11-18)16-17-8-3-1-4-9-17/h1-6,8-11,19,21H,7,12-16H2. The monoisotopic (exact) mass is 324 g/mol. The number of ether oxygens (including phenoxy) is 1. The Kier molecular flexibility index (Phi) is 5.99. The molecule has 4 heteroatoms. The summed E-state index contributed by atoms with van der Waals surface area (Å²) >= 11 is 0. The van der Waals surface area contributed by atoms with Gasteiger partial charge in [-0.3, -0.25) is 4.79 Å². The Morgan fingerprint density at radius 1 is 1.08 bits per heavy atom. The van der Waals surface area contributed by atoms with Crippen molar-refractivity contribution in [1.29, 1.82) is 0 Å². The highest BCUT2D eigenvalue weighted by atomic mass is 16.5. The van der Waals surface area contributed by atoms with E-state index >= 15 is 0 Å². The quantitative estimate of drug-likeness (QED) is 0.851. The van der Waals surface area contributed by atoms with Gasteiger partial charge < -0.3 is 15.0 Å². The number of amides is 1. The van der Waals surface area contributed by atoms with Crippen molar-refractivity contribution >= 4 is 11.6 Å². The second-order valence-electron chi connectivity index (χ2n) is 6.07. The van der Waals surface area contributed by atoms with Crippen molar-refractivity contribution in [1.82, 2.24) is 5.32 Å². The van der Waals surface area contributed by atoms with Crippen LogP contribution in [0.1, 0.15) is 18.4 Å². The summed E-state index contributed by atoms with van der Waals surface area (Å²) in [6.45, 7) is 2.47. The molecule has 4 nitrogen and oxygen atoms in total. The number of carbonyl (C=O) groups excluding carboxylic acids is 1. The Hall–Kier alpha value is -2.17. The molecule has 1 aliphatic rings. The molecule has 0 aromatic heterocycles. The van der Waals surface area contributed by atoms with Gasteiger partial charge in [0.05, 0.1) is 19.2 Å². The fourth-order valence-electron chi connectivity index (χ4n) is 2.94. The fraction of sp³-hybridized carbons (Fsp3) is 0.350. The first-order valence-electron chi connectivity index (χ1n) is 8.54. The van der Waals surface area contributed by atoms with Crippen LogP contribution in [0.4, 0.5) is 5.69 Å². The van der Waals surface area contributed by atoms with Crippen LogP contribution in [0.25, 0.3) is 0 Å². The molecule has 126 valence electrons. The molecule has 1 saturated heterocycles. The Morgan fingerprint density at radius 2 is 1.79 bits per heavy atom. The van der Waals surface area contributed by atoms with Gasteiger partial charge in [-0.15, -0.1) is 0 Å². The minimum atomic E-state index is 0.0723. The van der Waals surface area contributed by atoms with Gasteiger partial charge in [-0.2, -0.15) is 0 Å². The Morgan fingerprint density at radius 3 is 2.46 bits per heavy atom. The molecule has 1 N–H and O–H groups in total. The summed E-state index contributed by atoms with van der Waals surface area (Å²) in [4.78, 5) is 14.6. The van der Waals surface area contributed by atoms with Crippen molar-refractivity contribution in [2.24, 2.45) is 0 Å². The van der Waals surface area contributed by atoms with Crippen LogP contribution < -0.4 is 10.2 Å². The van der Waals surface area contributed by atoms with Crippen LogP contribution in [0.5, 0.6) is 0 Å². The summed E-state index contributed by atoms with van der Waals surface area (Å²) in [6, 6.07) is 19.9. The maximum atomic E-state index is 12.7. The van der Waals surface area contributed by atoms with Crippen molar-refractivity contribution < 1.29 is 9.53 Å². The number of para-hydroxylation sites is 1. The summed E-state index contributed by atoms with van der Waals surface area (Å²) in [5.74, 6) is 0.0723. The van der Waals surface area contributed by atoms with Gasteiger partial charge in [-0.05, 0) is 30.5 Å². The number of rotatable bonds is 7. The summed E-state index contributed by atoms with van der Waals surface area (Å²) in [5, 5.41) is 3.25. The van der Waals surface area contributed by atoms with Crippen LogP contribution >= 0.6 is 0 Å². The molecule has 1 unspecified atom stereocenters. The van der Waals surface area contributed by atoms with Gasteiger partial charge in [0.1, 0.15) is 0 Å². The third-order valence-corrected chi connectivity index (χ3v) is 4.22. The second-order valence-corrected chi connectivity index (χ2v) is 6.07. The Bertz CT molecular complexity index is 625. The first-order valence-corrected chi connectivity index (χ1v) is 8.54. The number of nitrogens with zero attached hydrogens (tertiary/aromatic N) is 1. The smallest absolute Gasteiger partial charge is 0.241 e. The molecular formula is C20H24N2O2. The predicted molar refractivity (Wildman–Crippen MR) is 95.9 cm³/mol. The van der Waals surface area contributed by atoms with Gasteiger partial charge in [0.25, 0.3) is 0 Å². The van der Waals surface area contributed by atoms with Crippen molar-refractivity contribution in [2.45, 2.75) is 25.5 Å². The summed E-state index contributed by atoms with van der Waals surface area (Å²) in [6.07, 6.45) is 2.44. The second kappa shape index (κ2) is 8.62. The molecule has 1 aliphatic heterocycles. The van der Waals surface area contributed by atoms with E-state index in [0.29, 0.717) is 13.1 Å². The van der Waals surface area contributed by atoms with E-state index in [0.717, 1.165) is 37.2 Å². The maximum Gasteiger partial charge on any atom is 0.241 e. The predicted octanol–water partition coefficient (Wildman–Crippen LogP) is 2.99. The minimum Gasteiger partial charge on any atom is -0.377 e. The number of hydrogen-bond donors (Lipinski definition) is 1. The van der Waals surface area contributed by atoms with E-state index < -0.39 is 0 Å². The topological polar surface area (TPSA) is 41.6 Å². The average molecular weight is 324 g/mol. The number of benzene rings is 2. The zero-order valence-electron chi connectivity index (χ0n) is 13.9. The third kappa shape index (κ3) is 4.66. The zero-order valence-corrected chi connectivity index (χ0v) is 13.9. The summed E-state index contributed by atoms with van der Waals surface area (Å²) < 4.78 is 5.59. The number of carbonyl (C=O) groups is 1. The number of hydrogen-bond acceptors (Lipinski definition) is 3. The van der Waals surface area contributed by atoms with Gasteiger partial charge in [0, 0.05) is 18.8 Å². The molecule has 1 heterocycles. The van der Waals surface area contributed by atoms with E-state index in [1.165, 1.54) is 0 Å². The number of nitrogens with one attached hydrogen (secondary N) is 1. The van der Waals surface area contributed by atoms with Crippen LogP contribution in [0, 0.1) is 0 Å².